The number of hydrazone groups is 1. The molecular weight excluding hydrogens is 360 g/mol. The number of anilines is 1. The Bertz CT molecular complexity index is 1170. The van der Waals surface area contributed by atoms with Crippen LogP contribution in [0.1, 0.15) is 5.56 Å². The van der Waals surface area contributed by atoms with Crippen LogP contribution in [-0.4, -0.2) is 15.8 Å². The summed E-state index contributed by atoms with van der Waals surface area (Å²) in [5, 5.41) is 5.45. The van der Waals surface area contributed by atoms with Gasteiger partial charge in [0.1, 0.15) is 0 Å². The van der Waals surface area contributed by atoms with Gasteiger partial charge in [0.25, 0.3) is 5.56 Å². The zero-order valence-corrected chi connectivity index (χ0v) is 15.0. The molecular formula is C21H15ClN4O. The zero-order chi connectivity index (χ0) is 18.6. The molecule has 0 unspecified atom stereocenters. The maximum Gasteiger partial charge on any atom is 0.282 e. The summed E-state index contributed by atoms with van der Waals surface area (Å²) in [5.41, 5.74) is 5.11. The van der Waals surface area contributed by atoms with Crippen molar-refractivity contribution in [2.24, 2.45) is 5.10 Å². The van der Waals surface area contributed by atoms with Crippen LogP contribution in [-0.2, 0) is 0 Å². The number of para-hydroxylation sites is 2. The fourth-order valence-electron chi connectivity index (χ4n) is 2.80. The normalized spacial score (nSPS) is 11.1. The van der Waals surface area contributed by atoms with E-state index in [-0.39, 0.29) is 5.56 Å². The lowest BCUT2D eigenvalue weighted by molar-refractivity contribution is 1.00. The van der Waals surface area contributed by atoms with E-state index < -0.39 is 0 Å². The van der Waals surface area contributed by atoms with Gasteiger partial charge in [-0.2, -0.15) is 10.1 Å². The molecule has 27 heavy (non-hydrogen) atoms. The fraction of sp³-hybridized carbons (Fsp3) is 0. The monoisotopic (exact) mass is 374 g/mol. The summed E-state index contributed by atoms with van der Waals surface area (Å²) in [6.45, 7) is 0. The second-order valence-corrected chi connectivity index (χ2v) is 6.29. The molecule has 0 spiro atoms. The third-order valence-corrected chi connectivity index (χ3v) is 4.31. The minimum absolute atomic E-state index is 0.304. The van der Waals surface area contributed by atoms with Gasteiger partial charge in [-0.25, -0.2) is 5.43 Å². The minimum atomic E-state index is -0.304. The molecule has 1 heterocycles. The van der Waals surface area contributed by atoms with Crippen molar-refractivity contribution in [1.29, 1.82) is 0 Å². The molecule has 132 valence electrons. The van der Waals surface area contributed by atoms with Gasteiger partial charge >= 0.3 is 0 Å². The van der Waals surface area contributed by atoms with E-state index >= 15 is 0 Å². The van der Waals surface area contributed by atoms with Gasteiger partial charge in [0, 0.05) is 10.7 Å². The van der Waals surface area contributed by atoms with E-state index in [0.29, 0.717) is 16.4 Å². The van der Waals surface area contributed by atoms with Gasteiger partial charge in [-0.15, -0.1) is 0 Å². The number of hydrogen-bond donors (Lipinski definition) is 1. The highest BCUT2D eigenvalue weighted by atomic mass is 35.5. The number of aromatic nitrogens is 2. The molecule has 3 aromatic carbocycles. The molecule has 0 bridgehead atoms. The molecule has 0 amide bonds. The Morgan fingerprint density at radius 2 is 1.63 bits per heavy atom. The van der Waals surface area contributed by atoms with Crippen molar-refractivity contribution < 1.29 is 0 Å². The van der Waals surface area contributed by atoms with Gasteiger partial charge in [0.2, 0.25) is 5.95 Å². The highest BCUT2D eigenvalue weighted by Crippen LogP contribution is 2.20. The van der Waals surface area contributed by atoms with Gasteiger partial charge < -0.3 is 0 Å². The molecule has 0 fully saturated rings. The number of nitrogens with zero attached hydrogens (tertiary/aromatic N) is 3. The van der Waals surface area contributed by atoms with Gasteiger partial charge in [-0.3, -0.25) is 9.36 Å². The maximum atomic E-state index is 12.4. The Morgan fingerprint density at radius 1 is 0.926 bits per heavy atom. The molecule has 0 radical (unpaired) electrons. The first-order chi connectivity index (χ1) is 13.2. The Morgan fingerprint density at radius 3 is 2.41 bits per heavy atom. The molecule has 1 N–H and O–H groups in total. The highest BCUT2D eigenvalue weighted by Gasteiger charge is 2.11. The van der Waals surface area contributed by atoms with Gasteiger partial charge in [-0.05, 0) is 42.0 Å². The molecule has 0 aliphatic carbocycles. The molecule has 4 aromatic rings. The molecule has 5 nitrogen and oxygen atoms in total. The summed E-state index contributed by atoms with van der Waals surface area (Å²) < 4.78 is 1.87. The molecule has 1 aromatic heterocycles. The standard InChI is InChI=1S/C21H15ClN4O/c22-16-12-10-15(11-13-16)14-23-25-21-24-20(27)18-8-4-5-9-19(18)26(21)17-6-2-1-3-7-17/h1-14H,(H,24,25,27)/b23-14-. The Kier molecular flexibility index (Phi) is 4.68. The summed E-state index contributed by atoms with van der Waals surface area (Å²) in [6.07, 6.45) is 1.65. The van der Waals surface area contributed by atoms with Crippen molar-refractivity contribution in [3.05, 3.63) is 99.8 Å². The predicted molar refractivity (Wildman–Crippen MR) is 110 cm³/mol. The smallest absolute Gasteiger partial charge is 0.279 e. The first kappa shape index (κ1) is 17.0. The number of rotatable bonds is 4. The van der Waals surface area contributed by atoms with Crippen LogP contribution in [0, 0.1) is 0 Å². The van der Waals surface area contributed by atoms with Crippen molar-refractivity contribution in [1.82, 2.24) is 9.55 Å². The van der Waals surface area contributed by atoms with Crippen LogP contribution in [0.3, 0.4) is 0 Å². The highest BCUT2D eigenvalue weighted by molar-refractivity contribution is 6.30. The van der Waals surface area contributed by atoms with Crippen molar-refractivity contribution >= 4 is 34.7 Å². The van der Waals surface area contributed by atoms with Crippen LogP contribution in [0.25, 0.3) is 16.6 Å². The quantitative estimate of drug-likeness (QED) is 0.423. The Hall–Kier alpha value is -3.44. The Labute approximate surface area is 160 Å². The molecule has 0 saturated heterocycles. The third-order valence-electron chi connectivity index (χ3n) is 4.06. The summed E-state index contributed by atoms with van der Waals surface area (Å²) in [4.78, 5) is 16.6. The molecule has 6 heteroatoms. The average molecular weight is 375 g/mol. The molecule has 0 aliphatic rings. The van der Waals surface area contributed by atoms with Crippen LogP contribution < -0.4 is 11.0 Å². The van der Waals surface area contributed by atoms with Crippen LogP contribution >= 0.6 is 11.6 Å². The van der Waals surface area contributed by atoms with Crippen molar-refractivity contribution in [2.45, 2.75) is 0 Å². The molecule has 0 atom stereocenters. The number of hydrogen-bond acceptors (Lipinski definition) is 4. The van der Waals surface area contributed by atoms with Crippen LogP contribution in [0.2, 0.25) is 5.02 Å². The lowest BCUT2D eigenvalue weighted by Crippen LogP contribution is -2.16. The van der Waals surface area contributed by atoms with E-state index in [1.165, 1.54) is 0 Å². The first-order valence-electron chi connectivity index (χ1n) is 8.34. The lowest BCUT2D eigenvalue weighted by Gasteiger charge is -2.15. The van der Waals surface area contributed by atoms with Crippen LogP contribution in [0.15, 0.2) is 88.8 Å². The number of benzene rings is 3. The summed E-state index contributed by atoms with van der Waals surface area (Å²) in [7, 11) is 0. The molecule has 4 rings (SSSR count). The summed E-state index contributed by atoms with van der Waals surface area (Å²) in [6, 6.07) is 24.4. The topological polar surface area (TPSA) is 59.3 Å². The van der Waals surface area contributed by atoms with Crippen molar-refractivity contribution in [2.75, 3.05) is 5.43 Å². The second-order valence-electron chi connectivity index (χ2n) is 5.85. The maximum absolute atomic E-state index is 12.4. The lowest BCUT2D eigenvalue weighted by atomic mass is 10.2. The molecule has 0 saturated carbocycles. The van der Waals surface area contributed by atoms with Gasteiger partial charge in [0.05, 0.1) is 17.1 Å². The van der Waals surface area contributed by atoms with Crippen molar-refractivity contribution in [3.63, 3.8) is 0 Å². The van der Waals surface area contributed by atoms with Crippen LogP contribution in [0.5, 0.6) is 0 Å². The second kappa shape index (κ2) is 7.43. The van der Waals surface area contributed by atoms with Crippen molar-refractivity contribution in [3.8, 4) is 5.69 Å². The summed E-state index contributed by atoms with van der Waals surface area (Å²) in [5.74, 6) is 0.343. The van der Waals surface area contributed by atoms with E-state index in [0.717, 1.165) is 16.8 Å². The first-order valence-corrected chi connectivity index (χ1v) is 8.72. The predicted octanol–water partition coefficient (Wildman–Crippen LogP) is 4.49. The largest absolute Gasteiger partial charge is 0.282 e. The number of fused-ring (bicyclic) bond motifs is 1. The number of halogens is 1. The third kappa shape index (κ3) is 3.59. The Balaban J connectivity index is 1.80. The number of nitrogens with one attached hydrogen (secondary N) is 1. The zero-order valence-electron chi connectivity index (χ0n) is 14.2. The minimum Gasteiger partial charge on any atom is -0.279 e. The average Bonchev–Trinajstić information content (AvgIpc) is 2.70. The van der Waals surface area contributed by atoms with E-state index in [4.69, 9.17) is 11.6 Å². The van der Waals surface area contributed by atoms with E-state index in [2.05, 4.69) is 15.5 Å². The van der Waals surface area contributed by atoms with Crippen LogP contribution in [0.4, 0.5) is 5.95 Å². The van der Waals surface area contributed by atoms with E-state index in [9.17, 15) is 4.79 Å². The van der Waals surface area contributed by atoms with E-state index in [1.54, 1.807) is 24.4 Å². The van der Waals surface area contributed by atoms with E-state index in [1.807, 2.05) is 65.2 Å². The SMILES string of the molecule is O=c1nc(N/N=C\c2ccc(Cl)cc2)n(-c2ccccc2)c2ccccc12. The fourth-order valence-corrected chi connectivity index (χ4v) is 2.92. The van der Waals surface area contributed by atoms with Gasteiger partial charge in [-0.1, -0.05) is 54.1 Å². The summed E-state index contributed by atoms with van der Waals surface area (Å²) >= 11 is 5.89. The molecule has 0 aliphatic heterocycles. The van der Waals surface area contributed by atoms with Gasteiger partial charge in [0.15, 0.2) is 0 Å².